The third-order valence-electron chi connectivity index (χ3n) is 2.88. The van der Waals surface area contributed by atoms with E-state index in [1.165, 1.54) is 11.3 Å². The van der Waals surface area contributed by atoms with Gasteiger partial charge in [0.15, 0.2) is 0 Å². The van der Waals surface area contributed by atoms with Crippen molar-refractivity contribution >= 4 is 5.69 Å². The van der Waals surface area contributed by atoms with Crippen LogP contribution in [0.15, 0.2) is 24.3 Å². The maximum absolute atomic E-state index is 6.13. The average molecular weight is 176 g/mol. The van der Waals surface area contributed by atoms with Gasteiger partial charge in [-0.2, -0.15) is 0 Å². The molecule has 0 amide bonds. The Bertz CT molecular complexity index is 309. The van der Waals surface area contributed by atoms with Crippen LogP contribution in [0.4, 0.5) is 5.69 Å². The lowest BCUT2D eigenvalue weighted by atomic mass is 9.89. The van der Waals surface area contributed by atoms with Gasteiger partial charge < -0.3 is 10.6 Å². The molecule has 1 aromatic rings. The van der Waals surface area contributed by atoms with Gasteiger partial charge in [-0.05, 0) is 17.5 Å². The third kappa shape index (κ3) is 1.31. The van der Waals surface area contributed by atoms with Gasteiger partial charge in [0, 0.05) is 25.3 Å². The minimum Gasteiger partial charge on any atom is -0.374 e. The number of rotatable bonds is 0. The molecule has 0 saturated heterocycles. The van der Waals surface area contributed by atoms with E-state index in [2.05, 4.69) is 43.1 Å². The summed E-state index contributed by atoms with van der Waals surface area (Å²) in [6.07, 6.45) is 0. The van der Waals surface area contributed by atoms with Crippen molar-refractivity contribution in [2.75, 3.05) is 18.5 Å². The largest absolute Gasteiger partial charge is 0.374 e. The van der Waals surface area contributed by atoms with Gasteiger partial charge in [0.25, 0.3) is 0 Å². The van der Waals surface area contributed by atoms with Crippen molar-refractivity contribution in [2.24, 2.45) is 11.7 Å². The maximum Gasteiger partial charge on any atom is 0.0412 e. The summed E-state index contributed by atoms with van der Waals surface area (Å²) in [5.74, 6) is 0.542. The molecule has 13 heavy (non-hydrogen) atoms. The second kappa shape index (κ2) is 3.04. The van der Waals surface area contributed by atoms with E-state index in [9.17, 15) is 0 Å². The molecule has 0 aliphatic carbocycles. The molecule has 1 aliphatic heterocycles. The van der Waals surface area contributed by atoms with Crippen molar-refractivity contribution < 1.29 is 0 Å². The van der Waals surface area contributed by atoms with Gasteiger partial charge >= 0.3 is 0 Å². The first kappa shape index (κ1) is 8.57. The molecule has 2 unspecified atom stereocenters. The first-order valence-corrected chi connectivity index (χ1v) is 4.76. The number of hydrogen-bond acceptors (Lipinski definition) is 2. The Morgan fingerprint density at radius 2 is 2.08 bits per heavy atom. The number of benzene rings is 1. The van der Waals surface area contributed by atoms with Gasteiger partial charge in [0.05, 0.1) is 0 Å². The summed E-state index contributed by atoms with van der Waals surface area (Å²) in [7, 11) is 2.13. The Kier molecular flexibility index (Phi) is 2.00. The Hall–Kier alpha value is -1.02. The van der Waals surface area contributed by atoms with Gasteiger partial charge in [-0.3, -0.25) is 0 Å². The zero-order chi connectivity index (χ0) is 9.42. The van der Waals surface area contributed by atoms with Crippen LogP contribution in [0.1, 0.15) is 18.5 Å². The number of nitrogens with two attached hydrogens (primary N) is 1. The molecular formula is C11H16N2. The second-order valence-electron chi connectivity index (χ2n) is 3.94. The summed E-state index contributed by atoms with van der Waals surface area (Å²) in [5, 5.41) is 0. The van der Waals surface area contributed by atoms with E-state index in [1.54, 1.807) is 0 Å². The molecule has 2 N–H and O–H groups in total. The molecule has 1 aromatic carbocycles. The first-order chi connectivity index (χ1) is 6.20. The SMILES string of the molecule is CC1CN(C)c2ccccc2C1N. The molecule has 0 aromatic heterocycles. The molecule has 2 rings (SSSR count). The summed E-state index contributed by atoms with van der Waals surface area (Å²) >= 11 is 0. The number of hydrogen-bond donors (Lipinski definition) is 1. The fraction of sp³-hybridized carbons (Fsp3) is 0.455. The number of fused-ring (bicyclic) bond motifs is 1. The van der Waals surface area contributed by atoms with Gasteiger partial charge in [-0.1, -0.05) is 25.1 Å². The molecule has 0 saturated carbocycles. The van der Waals surface area contributed by atoms with Crippen LogP contribution in [0.25, 0.3) is 0 Å². The molecule has 2 heteroatoms. The van der Waals surface area contributed by atoms with Crippen molar-refractivity contribution in [1.82, 2.24) is 0 Å². The van der Waals surface area contributed by atoms with E-state index in [1.807, 2.05) is 0 Å². The highest BCUT2D eigenvalue weighted by atomic mass is 15.1. The van der Waals surface area contributed by atoms with E-state index < -0.39 is 0 Å². The Morgan fingerprint density at radius 1 is 1.38 bits per heavy atom. The van der Waals surface area contributed by atoms with Crippen LogP contribution in [0.5, 0.6) is 0 Å². The third-order valence-corrected chi connectivity index (χ3v) is 2.88. The average Bonchev–Trinajstić information content (AvgIpc) is 2.15. The van der Waals surface area contributed by atoms with Crippen LogP contribution >= 0.6 is 0 Å². The van der Waals surface area contributed by atoms with Crippen molar-refractivity contribution in [1.29, 1.82) is 0 Å². The van der Waals surface area contributed by atoms with E-state index in [4.69, 9.17) is 5.73 Å². The molecule has 0 fully saturated rings. The summed E-state index contributed by atoms with van der Waals surface area (Å²) in [6.45, 7) is 3.26. The van der Waals surface area contributed by atoms with Crippen molar-refractivity contribution in [3.05, 3.63) is 29.8 Å². The predicted molar refractivity (Wildman–Crippen MR) is 55.8 cm³/mol. The van der Waals surface area contributed by atoms with E-state index in [-0.39, 0.29) is 6.04 Å². The fourth-order valence-corrected chi connectivity index (χ4v) is 2.07. The Morgan fingerprint density at radius 3 is 2.85 bits per heavy atom. The Balaban J connectivity index is 2.47. The minimum absolute atomic E-state index is 0.201. The molecule has 0 spiro atoms. The lowest BCUT2D eigenvalue weighted by molar-refractivity contribution is 0.452. The molecule has 1 aliphatic rings. The van der Waals surface area contributed by atoms with Crippen molar-refractivity contribution in [3.63, 3.8) is 0 Å². The van der Waals surface area contributed by atoms with Crippen molar-refractivity contribution in [3.8, 4) is 0 Å². The molecule has 1 heterocycles. The molecule has 2 nitrogen and oxygen atoms in total. The van der Waals surface area contributed by atoms with Crippen LogP contribution in [-0.4, -0.2) is 13.6 Å². The molecule has 0 radical (unpaired) electrons. The molecule has 0 bridgehead atoms. The fourth-order valence-electron chi connectivity index (χ4n) is 2.07. The van der Waals surface area contributed by atoms with Crippen LogP contribution < -0.4 is 10.6 Å². The van der Waals surface area contributed by atoms with Gasteiger partial charge in [-0.25, -0.2) is 0 Å². The van der Waals surface area contributed by atoms with Crippen molar-refractivity contribution in [2.45, 2.75) is 13.0 Å². The van der Waals surface area contributed by atoms with Gasteiger partial charge in [-0.15, -0.1) is 0 Å². The quantitative estimate of drug-likeness (QED) is 0.652. The van der Waals surface area contributed by atoms with Crippen LogP contribution in [-0.2, 0) is 0 Å². The minimum atomic E-state index is 0.201. The monoisotopic (exact) mass is 176 g/mol. The number of para-hydroxylation sites is 1. The zero-order valence-electron chi connectivity index (χ0n) is 8.20. The summed E-state index contributed by atoms with van der Waals surface area (Å²) in [4.78, 5) is 2.28. The first-order valence-electron chi connectivity index (χ1n) is 4.76. The molecular weight excluding hydrogens is 160 g/mol. The highest BCUT2D eigenvalue weighted by Crippen LogP contribution is 2.33. The van der Waals surface area contributed by atoms with Gasteiger partial charge in [0.1, 0.15) is 0 Å². The van der Waals surface area contributed by atoms with Crippen LogP contribution in [0.2, 0.25) is 0 Å². The summed E-state index contributed by atoms with van der Waals surface area (Å²) < 4.78 is 0. The second-order valence-corrected chi connectivity index (χ2v) is 3.94. The predicted octanol–water partition coefficient (Wildman–Crippen LogP) is 1.77. The van der Waals surface area contributed by atoms with Crippen LogP contribution in [0.3, 0.4) is 0 Å². The van der Waals surface area contributed by atoms with E-state index in [0.717, 1.165) is 6.54 Å². The van der Waals surface area contributed by atoms with E-state index in [0.29, 0.717) is 5.92 Å². The lowest BCUT2D eigenvalue weighted by Gasteiger charge is -2.35. The van der Waals surface area contributed by atoms with E-state index >= 15 is 0 Å². The molecule has 70 valence electrons. The zero-order valence-corrected chi connectivity index (χ0v) is 8.20. The standard InChI is InChI=1S/C11H16N2/c1-8-7-13(2)10-6-4-3-5-9(10)11(8)12/h3-6,8,11H,7,12H2,1-2H3. The summed E-state index contributed by atoms with van der Waals surface area (Å²) in [6, 6.07) is 8.60. The highest BCUT2D eigenvalue weighted by Gasteiger charge is 2.25. The van der Waals surface area contributed by atoms with Gasteiger partial charge in [0.2, 0.25) is 0 Å². The summed E-state index contributed by atoms with van der Waals surface area (Å²) in [5.41, 5.74) is 8.69. The lowest BCUT2D eigenvalue weighted by Crippen LogP contribution is -2.37. The maximum atomic E-state index is 6.13. The Labute approximate surface area is 79.4 Å². The van der Waals surface area contributed by atoms with Crippen LogP contribution in [0, 0.1) is 5.92 Å². The normalized spacial score (nSPS) is 27.2. The molecule has 2 atom stereocenters. The number of anilines is 1. The highest BCUT2D eigenvalue weighted by molar-refractivity contribution is 5.56. The topological polar surface area (TPSA) is 29.3 Å². The number of nitrogens with zero attached hydrogens (tertiary/aromatic N) is 1. The smallest absolute Gasteiger partial charge is 0.0412 e.